The lowest BCUT2D eigenvalue weighted by Gasteiger charge is -2.44. The zero-order chi connectivity index (χ0) is 36.8. The summed E-state index contributed by atoms with van der Waals surface area (Å²) in [4.78, 5) is 37.7. The van der Waals surface area contributed by atoms with E-state index in [9.17, 15) is 45.0 Å². The number of fused-ring (bicyclic) bond motifs is 2. The molecule has 14 heteroatoms. The Labute approximate surface area is 293 Å². The van der Waals surface area contributed by atoms with Crippen LogP contribution < -0.4 is 5.73 Å². The second kappa shape index (κ2) is 20.3. The zero-order valence-electron chi connectivity index (χ0n) is 28.9. The number of ketones is 1. The number of aliphatic hydroxyl groups excluding tert-OH is 4. The number of carbonyl (C=O) groups is 3. The van der Waals surface area contributed by atoms with Crippen molar-refractivity contribution in [1.29, 1.82) is 0 Å². The van der Waals surface area contributed by atoms with Gasteiger partial charge in [-0.15, -0.1) is 0 Å². The molecule has 3 rings (SSSR count). The van der Waals surface area contributed by atoms with Crippen molar-refractivity contribution in [3.63, 3.8) is 0 Å². The van der Waals surface area contributed by atoms with Crippen LogP contribution in [0.5, 0.6) is 0 Å². The lowest BCUT2D eigenvalue weighted by molar-refractivity contribution is -0.302. The van der Waals surface area contributed by atoms with Crippen LogP contribution >= 0.6 is 0 Å². The third-order valence-corrected chi connectivity index (χ3v) is 9.20. The topological polar surface area (TPSA) is 236 Å². The fourth-order valence-electron chi connectivity index (χ4n) is 6.44. The fraction of sp³-hybridized carbons (Fsp3) is 0.694. The van der Waals surface area contributed by atoms with Gasteiger partial charge in [0.2, 0.25) is 0 Å². The fourth-order valence-corrected chi connectivity index (χ4v) is 6.44. The quantitative estimate of drug-likeness (QED) is 0.205. The number of ether oxygens (including phenoxy) is 4. The van der Waals surface area contributed by atoms with E-state index >= 15 is 0 Å². The maximum absolute atomic E-state index is 12.7. The first-order chi connectivity index (χ1) is 23.7. The predicted molar refractivity (Wildman–Crippen MR) is 180 cm³/mol. The summed E-state index contributed by atoms with van der Waals surface area (Å²) in [5, 5.41) is 63.7. The predicted octanol–water partition coefficient (Wildman–Crippen LogP) is 1.56. The Bertz CT molecular complexity index is 1220. The van der Waals surface area contributed by atoms with E-state index in [1.807, 2.05) is 6.08 Å². The molecular weight excluding hydrogens is 654 g/mol. The van der Waals surface area contributed by atoms with Crippen molar-refractivity contribution < 1.29 is 64.0 Å². The molecule has 0 amide bonds. The van der Waals surface area contributed by atoms with Gasteiger partial charge in [-0.2, -0.15) is 0 Å². The third kappa shape index (κ3) is 13.4. The van der Waals surface area contributed by atoms with Gasteiger partial charge in [0.1, 0.15) is 17.8 Å². The van der Waals surface area contributed by atoms with Gasteiger partial charge in [-0.3, -0.25) is 14.4 Å². The van der Waals surface area contributed by atoms with E-state index in [-0.39, 0.29) is 63.8 Å². The minimum Gasteiger partial charge on any atom is -0.481 e. The normalized spacial score (nSPS) is 41.7. The van der Waals surface area contributed by atoms with Crippen molar-refractivity contribution in [2.75, 3.05) is 6.61 Å². The molecule has 12 atom stereocenters. The number of Topliss-reactive ketones (excluding diaryl/α,β-unsaturated/α-hetero) is 1. The Morgan fingerprint density at radius 1 is 1.00 bits per heavy atom. The third-order valence-electron chi connectivity index (χ3n) is 9.20. The standard InChI is InChI=1S/C36H55NO13/c1-3-26-28(40)16-23(38)13-11-14-24(39)19-36(46)20-29(41)33(34(43)44)31(50-36)17-25(49-32-18-27(37)30(42)21-47-32)15-10-8-6-4-5-7-9-12-22(2)48-35(26)45/h4-10,15,22,24-33,39-42,46H,3,11-14,16-21,37H2,1-2H3,(H,43,44)/b5-4+,8-6+,9-7+,15-10+/t22-,24+,25+,26+,27-,28-,29+,30-,31+,32+,33-,36-/m1/s1. The van der Waals surface area contributed by atoms with E-state index < -0.39 is 91.0 Å². The van der Waals surface area contributed by atoms with Gasteiger partial charge >= 0.3 is 11.9 Å². The molecule has 3 heterocycles. The Kier molecular flexibility index (Phi) is 16.9. The molecule has 282 valence electrons. The molecule has 14 nitrogen and oxygen atoms in total. The van der Waals surface area contributed by atoms with Crippen molar-refractivity contribution in [1.82, 2.24) is 0 Å². The van der Waals surface area contributed by atoms with Crippen LogP contribution in [-0.4, -0.2) is 116 Å². The number of rotatable bonds is 4. The monoisotopic (exact) mass is 709 g/mol. The van der Waals surface area contributed by atoms with Gasteiger partial charge in [0.05, 0.1) is 49.1 Å². The van der Waals surface area contributed by atoms with Crippen LogP contribution in [0, 0.1) is 11.8 Å². The van der Waals surface area contributed by atoms with Crippen molar-refractivity contribution >= 4 is 17.7 Å². The molecule has 2 fully saturated rings. The van der Waals surface area contributed by atoms with Gasteiger partial charge in [-0.25, -0.2) is 0 Å². The van der Waals surface area contributed by atoms with E-state index in [0.717, 1.165) is 0 Å². The van der Waals surface area contributed by atoms with Crippen LogP contribution in [0.2, 0.25) is 0 Å². The van der Waals surface area contributed by atoms with Crippen molar-refractivity contribution in [2.45, 2.75) is 139 Å². The van der Waals surface area contributed by atoms with Crippen LogP contribution in [0.1, 0.15) is 78.1 Å². The van der Waals surface area contributed by atoms with E-state index in [1.165, 1.54) is 0 Å². The summed E-state index contributed by atoms with van der Waals surface area (Å²) in [6.45, 7) is 3.41. The smallest absolute Gasteiger partial charge is 0.311 e. The summed E-state index contributed by atoms with van der Waals surface area (Å²) < 4.78 is 23.2. The summed E-state index contributed by atoms with van der Waals surface area (Å²) in [7, 11) is 0. The maximum Gasteiger partial charge on any atom is 0.311 e. The highest BCUT2D eigenvalue weighted by molar-refractivity contribution is 5.80. The minimum absolute atomic E-state index is 0.00363. The molecule has 0 aromatic carbocycles. The molecular formula is C36H55NO13. The van der Waals surface area contributed by atoms with Crippen LogP contribution in [0.3, 0.4) is 0 Å². The molecule has 0 unspecified atom stereocenters. The van der Waals surface area contributed by atoms with Crippen molar-refractivity contribution in [2.24, 2.45) is 17.6 Å². The number of aliphatic carboxylic acids is 1. The Morgan fingerprint density at radius 2 is 1.70 bits per heavy atom. The van der Waals surface area contributed by atoms with Gasteiger partial charge in [0.25, 0.3) is 0 Å². The van der Waals surface area contributed by atoms with Crippen molar-refractivity contribution in [3.05, 3.63) is 48.6 Å². The SMILES string of the molecule is CC[C@@H]1C(=O)O[C@H](C)C/C=C/C=C/C=C/C=C/[C@H](O[C@H]2C[C@@H](N)[C@H](O)CO2)C[C@@H]2O[C@](O)(C[C@@H](O)CCCC(=O)C[C@H]1O)C[C@H](O)[C@H]2C(=O)O. The van der Waals surface area contributed by atoms with Crippen LogP contribution in [0.4, 0.5) is 0 Å². The number of esters is 1. The first kappa shape index (κ1) is 41.6. The molecule has 8 N–H and O–H groups in total. The number of carboxylic acid groups (broad SMARTS) is 1. The van der Waals surface area contributed by atoms with E-state index in [0.29, 0.717) is 6.42 Å². The average Bonchev–Trinajstić information content (AvgIpc) is 3.01. The van der Waals surface area contributed by atoms with E-state index in [4.69, 9.17) is 24.7 Å². The first-order valence-corrected chi connectivity index (χ1v) is 17.5. The molecule has 50 heavy (non-hydrogen) atoms. The molecule has 0 saturated carbocycles. The number of carbonyl (C=O) groups excluding carboxylic acids is 2. The number of hydrogen-bond acceptors (Lipinski definition) is 13. The molecule has 3 aliphatic heterocycles. The lowest BCUT2D eigenvalue weighted by Crippen LogP contribution is -2.56. The van der Waals surface area contributed by atoms with Crippen LogP contribution in [0.15, 0.2) is 48.6 Å². The minimum atomic E-state index is -2.09. The van der Waals surface area contributed by atoms with Gasteiger partial charge in [-0.1, -0.05) is 55.5 Å². The zero-order valence-corrected chi connectivity index (χ0v) is 28.9. The summed E-state index contributed by atoms with van der Waals surface area (Å²) in [5.41, 5.74) is 6.00. The molecule has 0 spiro atoms. The van der Waals surface area contributed by atoms with E-state index in [2.05, 4.69) is 0 Å². The average molecular weight is 710 g/mol. The Balaban J connectivity index is 1.84. The van der Waals surface area contributed by atoms with Crippen LogP contribution in [0.25, 0.3) is 0 Å². The summed E-state index contributed by atoms with van der Waals surface area (Å²) >= 11 is 0. The Morgan fingerprint density at radius 3 is 2.38 bits per heavy atom. The highest BCUT2D eigenvalue weighted by Gasteiger charge is 2.50. The molecule has 0 aliphatic carbocycles. The number of cyclic esters (lactones) is 1. The molecule has 3 aliphatic rings. The number of aliphatic hydroxyl groups is 5. The number of carboxylic acids is 1. The molecule has 0 aromatic heterocycles. The summed E-state index contributed by atoms with van der Waals surface area (Å²) in [6, 6.07) is -0.603. The summed E-state index contributed by atoms with van der Waals surface area (Å²) in [5.74, 6) is -6.61. The largest absolute Gasteiger partial charge is 0.481 e. The second-order valence-corrected chi connectivity index (χ2v) is 13.5. The molecule has 2 saturated heterocycles. The first-order valence-electron chi connectivity index (χ1n) is 17.5. The van der Waals surface area contributed by atoms with Gasteiger partial charge in [-0.05, 0) is 26.2 Å². The van der Waals surface area contributed by atoms with E-state index in [1.54, 1.807) is 56.4 Å². The van der Waals surface area contributed by atoms with Gasteiger partial charge in [0, 0.05) is 51.0 Å². The molecule has 0 aromatic rings. The lowest BCUT2D eigenvalue weighted by atomic mass is 9.83. The molecule has 0 radical (unpaired) electrons. The van der Waals surface area contributed by atoms with Gasteiger partial charge < -0.3 is 55.3 Å². The Hall–Kier alpha value is -2.79. The number of hydrogen-bond donors (Lipinski definition) is 7. The van der Waals surface area contributed by atoms with Crippen molar-refractivity contribution in [3.8, 4) is 0 Å². The number of allylic oxidation sites excluding steroid dienone is 6. The highest BCUT2D eigenvalue weighted by atomic mass is 16.7. The van der Waals surface area contributed by atoms with Crippen LogP contribution in [-0.2, 0) is 33.3 Å². The molecule has 2 bridgehead atoms. The maximum atomic E-state index is 12.7. The van der Waals surface area contributed by atoms with Gasteiger partial charge in [0.15, 0.2) is 12.1 Å². The summed E-state index contributed by atoms with van der Waals surface area (Å²) in [6.07, 6.45) is 5.71. The number of nitrogens with two attached hydrogens (primary N) is 1. The second-order valence-electron chi connectivity index (χ2n) is 13.5. The highest BCUT2D eigenvalue weighted by Crippen LogP contribution is 2.38.